The second-order valence-corrected chi connectivity index (χ2v) is 3.42. The Kier molecular flexibility index (Phi) is 4.40. The molecule has 0 aliphatic heterocycles. The fourth-order valence-electron chi connectivity index (χ4n) is 0.482. The zero-order valence-electron chi connectivity index (χ0n) is 7.92. The molecule has 0 aromatic heterocycles. The van der Waals surface area contributed by atoms with E-state index in [1.54, 1.807) is 0 Å². The van der Waals surface area contributed by atoms with Crippen molar-refractivity contribution >= 4 is 5.97 Å². The second-order valence-electron chi connectivity index (χ2n) is 3.42. The second kappa shape index (κ2) is 4.80. The van der Waals surface area contributed by atoms with E-state index in [2.05, 4.69) is 6.58 Å². The van der Waals surface area contributed by atoms with Crippen LogP contribution in [-0.2, 0) is 14.3 Å². The van der Waals surface area contributed by atoms with Crippen LogP contribution >= 0.6 is 0 Å². The molecule has 3 heteroatoms. The van der Waals surface area contributed by atoms with Crippen LogP contribution < -0.4 is 0 Å². The third-order valence-electron chi connectivity index (χ3n) is 1.16. The molecule has 0 unspecified atom stereocenters. The molecule has 0 atom stereocenters. The average molecular weight is 172 g/mol. The molecule has 0 spiro atoms. The van der Waals surface area contributed by atoms with Crippen LogP contribution in [0.4, 0.5) is 0 Å². The molecule has 0 N–H and O–H groups in total. The monoisotopic (exact) mass is 172 g/mol. The quantitative estimate of drug-likeness (QED) is 0.368. The van der Waals surface area contributed by atoms with Gasteiger partial charge < -0.3 is 9.47 Å². The van der Waals surface area contributed by atoms with E-state index in [1.165, 1.54) is 6.26 Å². The molecule has 0 radical (unpaired) electrons. The number of carbonyl (C=O) groups is 1. The lowest BCUT2D eigenvalue weighted by molar-refractivity contribution is -0.153. The third kappa shape index (κ3) is 4.77. The summed E-state index contributed by atoms with van der Waals surface area (Å²) in [6.45, 7) is 9.44. The molecule has 3 nitrogen and oxygen atoms in total. The van der Waals surface area contributed by atoms with Crippen molar-refractivity contribution in [1.82, 2.24) is 0 Å². The summed E-state index contributed by atoms with van der Waals surface area (Å²) in [5.74, 6) is -0.213. The van der Waals surface area contributed by atoms with Crippen LogP contribution in [0.2, 0.25) is 0 Å². The molecule has 0 aromatic carbocycles. The molecule has 0 aliphatic rings. The summed E-state index contributed by atoms with van der Waals surface area (Å²) in [7, 11) is 0. The zero-order chi connectivity index (χ0) is 9.61. The first kappa shape index (κ1) is 11.0. The van der Waals surface area contributed by atoms with Gasteiger partial charge in [0, 0.05) is 0 Å². The summed E-state index contributed by atoms with van der Waals surface area (Å²) < 4.78 is 9.68. The molecule has 0 heterocycles. The Morgan fingerprint density at radius 1 is 1.42 bits per heavy atom. The van der Waals surface area contributed by atoms with E-state index >= 15 is 0 Å². The maximum Gasteiger partial charge on any atom is 0.311 e. The lowest BCUT2D eigenvalue weighted by atomic mass is 9.97. The lowest BCUT2D eigenvalue weighted by Crippen LogP contribution is -2.24. The normalized spacial score (nSPS) is 10.6. The SMILES string of the molecule is C=COCCOC(=O)C(C)(C)C. The van der Waals surface area contributed by atoms with Crippen LogP contribution in [0.25, 0.3) is 0 Å². The molecular weight excluding hydrogens is 156 g/mol. The van der Waals surface area contributed by atoms with Gasteiger partial charge in [0.25, 0.3) is 0 Å². The van der Waals surface area contributed by atoms with Gasteiger partial charge in [0.05, 0.1) is 11.7 Å². The van der Waals surface area contributed by atoms with Gasteiger partial charge in [-0.05, 0) is 20.8 Å². The first-order valence-corrected chi connectivity index (χ1v) is 3.88. The summed E-state index contributed by atoms with van der Waals surface area (Å²) in [5.41, 5.74) is -0.436. The van der Waals surface area contributed by atoms with E-state index in [-0.39, 0.29) is 12.6 Å². The fraction of sp³-hybridized carbons (Fsp3) is 0.667. The highest BCUT2D eigenvalue weighted by molar-refractivity contribution is 5.75. The predicted octanol–water partition coefficient (Wildman–Crippen LogP) is 1.74. The Morgan fingerprint density at radius 2 is 2.00 bits per heavy atom. The largest absolute Gasteiger partial charge is 0.498 e. The highest BCUT2D eigenvalue weighted by Gasteiger charge is 2.22. The first-order chi connectivity index (χ1) is 5.48. The minimum Gasteiger partial charge on any atom is -0.498 e. The first-order valence-electron chi connectivity index (χ1n) is 3.88. The number of ether oxygens (including phenoxy) is 2. The van der Waals surface area contributed by atoms with Crippen LogP contribution in [0.15, 0.2) is 12.8 Å². The molecule has 0 saturated heterocycles. The zero-order valence-corrected chi connectivity index (χ0v) is 7.92. The van der Waals surface area contributed by atoms with Crippen LogP contribution in [0.3, 0.4) is 0 Å². The molecule has 12 heavy (non-hydrogen) atoms. The van der Waals surface area contributed by atoms with Crippen LogP contribution in [0.5, 0.6) is 0 Å². The average Bonchev–Trinajstić information content (AvgIpc) is 1.96. The van der Waals surface area contributed by atoms with Gasteiger partial charge in [0.2, 0.25) is 0 Å². The standard InChI is InChI=1S/C9H16O3/c1-5-11-6-7-12-8(10)9(2,3)4/h5H,1,6-7H2,2-4H3. The van der Waals surface area contributed by atoms with E-state index in [0.29, 0.717) is 6.61 Å². The van der Waals surface area contributed by atoms with Gasteiger partial charge in [-0.1, -0.05) is 6.58 Å². The topological polar surface area (TPSA) is 35.5 Å². The fourth-order valence-corrected chi connectivity index (χ4v) is 0.482. The summed E-state index contributed by atoms with van der Waals surface area (Å²) in [6, 6.07) is 0. The number of esters is 1. The van der Waals surface area contributed by atoms with E-state index in [1.807, 2.05) is 20.8 Å². The predicted molar refractivity (Wildman–Crippen MR) is 46.6 cm³/mol. The Morgan fingerprint density at radius 3 is 2.42 bits per heavy atom. The van der Waals surface area contributed by atoms with Gasteiger partial charge in [-0.3, -0.25) is 4.79 Å². The van der Waals surface area contributed by atoms with E-state index in [0.717, 1.165) is 0 Å². The van der Waals surface area contributed by atoms with E-state index in [9.17, 15) is 4.79 Å². The maximum atomic E-state index is 11.1. The van der Waals surface area contributed by atoms with Gasteiger partial charge in [-0.2, -0.15) is 0 Å². The number of rotatable bonds is 4. The molecule has 0 rings (SSSR count). The van der Waals surface area contributed by atoms with Gasteiger partial charge in [0.1, 0.15) is 13.2 Å². The summed E-state index contributed by atoms with van der Waals surface area (Å²) >= 11 is 0. The van der Waals surface area contributed by atoms with Crippen molar-refractivity contribution in [1.29, 1.82) is 0 Å². The Bertz CT molecular complexity index is 156. The molecule has 0 aliphatic carbocycles. The molecule has 0 bridgehead atoms. The molecular formula is C9H16O3. The van der Waals surface area contributed by atoms with Gasteiger partial charge >= 0.3 is 5.97 Å². The Labute approximate surface area is 73.4 Å². The van der Waals surface area contributed by atoms with Crippen molar-refractivity contribution in [3.63, 3.8) is 0 Å². The minimum absolute atomic E-state index is 0.213. The van der Waals surface area contributed by atoms with E-state index in [4.69, 9.17) is 9.47 Å². The smallest absolute Gasteiger partial charge is 0.311 e. The molecule has 0 fully saturated rings. The van der Waals surface area contributed by atoms with Crippen molar-refractivity contribution in [3.8, 4) is 0 Å². The van der Waals surface area contributed by atoms with Crippen molar-refractivity contribution < 1.29 is 14.3 Å². The lowest BCUT2D eigenvalue weighted by Gasteiger charge is -2.16. The molecule has 0 saturated carbocycles. The molecule has 0 aromatic rings. The van der Waals surface area contributed by atoms with Crippen molar-refractivity contribution in [3.05, 3.63) is 12.8 Å². The van der Waals surface area contributed by atoms with Crippen LogP contribution in [0, 0.1) is 5.41 Å². The third-order valence-corrected chi connectivity index (χ3v) is 1.16. The van der Waals surface area contributed by atoms with Crippen molar-refractivity contribution in [2.75, 3.05) is 13.2 Å². The summed E-state index contributed by atoms with van der Waals surface area (Å²) in [6.07, 6.45) is 1.32. The number of hydrogen-bond donors (Lipinski definition) is 0. The summed E-state index contributed by atoms with van der Waals surface area (Å²) in [5, 5.41) is 0. The molecule has 70 valence electrons. The Balaban J connectivity index is 3.51. The van der Waals surface area contributed by atoms with Crippen molar-refractivity contribution in [2.45, 2.75) is 20.8 Å². The van der Waals surface area contributed by atoms with Gasteiger partial charge in [-0.25, -0.2) is 0 Å². The highest BCUT2D eigenvalue weighted by Crippen LogP contribution is 2.14. The van der Waals surface area contributed by atoms with Crippen LogP contribution in [0.1, 0.15) is 20.8 Å². The number of hydrogen-bond acceptors (Lipinski definition) is 3. The van der Waals surface area contributed by atoms with Crippen LogP contribution in [-0.4, -0.2) is 19.2 Å². The number of carbonyl (C=O) groups excluding carboxylic acids is 1. The van der Waals surface area contributed by atoms with Crippen molar-refractivity contribution in [2.24, 2.45) is 5.41 Å². The van der Waals surface area contributed by atoms with Gasteiger partial charge in [-0.15, -0.1) is 0 Å². The van der Waals surface area contributed by atoms with E-state index < -0.39 is 5.41 Å². The minimum atomic E-state index is -0.436. The molecule has 0 amide bonds. The Hall–Kier alpha value is -0.990. The summed E-state index contributed by atoms with van der Waals surface area (Å²) in [4.78, 5) is 11.1. The maximum absolute atomic E-state index is 11.1. The van der Waals surface area contributed by atoms with Gasteiger partial charge in [0.15, 0.2) is 0 Å². The highest BCUT2D eigenvalue weighted by atomic mass is 16.6.